The molecule has 6 aromatic carbocycles. The molecule has 0 bridgehead atoms. The van der Waals surface area contributed by atoms with E-state index in [-0.39, 0.29) is 25.5 Å². The van der Waals surface area contributed by atoms with Crippen molar-refractivity contribution in [1.29, 1.82) is 0 Å². The monoisotopic (exact) mass is 1030 g/mol. The van der Waals surface area contributed by atoms with Gasteiger partial charge in [0.1, 0.15) is 5.58 Å². The third-order valence-corrected chi connectivity index (χ3v) is 14.7. The third-order valence-electron chi connectivity index (χ3n) is 10.5. The maximum Gasteiger partial charge on any atom is 0 e. The summed E-state index contributed by atoms with van der Waals surface area (Å²) in [6.07, 6.45) is 0.502. The Morgan fingerprint density at radius 2 is 1.45 bits per heavy atom. The van der Waals surface area contributed by atoms with Gasteiger partial charge in [-0.05, 0) is 46.9 Å². The molecule has 6 heteroatoms. The SMILES string of the molecule is CC(C)(C)c1ccc(-n2c(-c3[c-]ccc4c3oc3ccccc34)nc3ccccc32)c(-c2ccccc2)c1.[2H]C([2H])(c1cc(-c2[c-]cccc2)nc[c]1[Ge]([CH3])([CH3])[CH3])C(C)(C)C.[Ir]. The van der Waals surface area contributed by atoms with Crippen molar-refractivity contribution in [1.82, 2.24) is 14.5 Å². The van der Waals surface area contributed by atoms with Crippen LogP contribution in [0.1, 0.15) is 55.4 Å². The molecule has 0 unspecified atom stereocenters. The van der Waals surface area contributed by atoms with E-state index in [1.165, 1.54) is 16.7 Å². The van der Waals surface area contributed by atoms with Gasteiger partial charge in [-0.2, -0.15) is 0 Å². The van der Waals surface area contributed by atoms with Crippen molar-refractivity contribution in [3.05, 3.63) is 169 Å². The van der Waals surface area contributed by atoms with E-state index in [0.717, 1.165) is 71.3 Å². The first kappa shape index (κ1) is 40.3. The third kappa shape index (κ3) is 9.00. The van der Waals surface area contributed by atoms with Crippen LogP contribution in [0.4, 0.5) is 0 Å². The Bertz CT molecular complexity index is 3010. The number of fused-ring (bicyclic) bond motifs is 4. The Morgan fingerprint density at radius 3 is 2.17 bits per heavy atom. The Labute approximate surface area is 374 Å². The molecule has 3 heterocycles. The average Bonchev–Trinajstić information content (AvgIpc) is 3.82. The molecule has 0 aliphatic rings. The maximum atomic E-state index is 8.76. The number of imidazole rings is 1. The van der Waals surface area contributed by atoms with Gasteiger partial charge in [0.25, 0.3) is 0 Å². The second-order valence-corrected chi connectivity index (χ2v) is 28.9. The molecule has 60 heavy (non-hydrogen) atoms. The Hall–Kier alpha value is -5.07. The van der Waals surface area contributed by atoms with Crippen LogP contribution in [-0.4, -0.2) is 27.8 Å². The maximum absolute atomic E-state index is 8.76. The van der Waals surface area contributed by atoms with Gasteiger partial charge in [0.05, 0.1) is 22.4 Å². The molecule has 0 fully saturated rings. The standard InChI is InChI=1S/C35H27N2O.C19H26GeN.Ir/c1-35(2,3)24-20-21-30(28(22-24)23-12-5-4-6-13-23)37-31-18-9-8-17-29(31)36-34(37)27-16-11-15-26-25-14-7-10-19-32(25)38-33(26)27;1-19(2,3)13-16-12-18(15-10-8-7-9-11-15)21-14-17(16)20(4,5)6;/h4-15,17-22H,1-3H3;7-10,12,14H,13H2,1-6H3;/q2*-1;/i;13D2;. The molecule has 0 amide bonds. The van der Waals surface area contributed by atoms with Crippen molar-refractivity contribution in [3.8, 4) is 39.5 Å². The average molecular weight is 1030 g/mol. The molecule has 4 nitrogen and oxygen atoms in total. The van der Waals surface area contributed by atoms with Crippen LogP contribution in [0.2, 0.25) is 17.3 Å². The molecule has 0 atom stereocenters. The minimum Gasteiger partial charge on any atom is 0 e. The van der Waals surface area contributed by atoms with E-state index in [4.69, 9.17) is 12.1 Å². The first-order chi connectivity index (χ1) is 28.9. The van der Waals surface area contributed by atoms with E-state index in [1.807, 2.05) is 87.6 Å². The van der Waals surface area contributed by atoms with E-state index in [9.17, 15) is 0 Å². The van der Waals surface area contributed by atoms with Crippen LogP contribution >= 0.6 is 0 Å². The minimum absolute atomic E-state index is 0. The van der Waals surface area contributed by atoms with Crippen molar-refractivity contribution in [2.75, 3.05) is 0 Å². The topological polar surface area (TPSA) is 43.9 Å². The van der Waals surface area contributed by atoms with Crippen LogP contribution in [0, 0.1) is 17.5 Å². The Kier molecular flexibility index (Phi) is 11.5. The zero-order chi connectivity index (χ0) is 43.3. The molecule has 0 saturated heterocycles. The summed E-state index contributed by atoms with van der Waals surface area (Å²) in [6.45, 7) is 12.6. The van der Waals surface area contributed by atoms with Gasteiger partial charge in [0, 0.05) is 36.7 Å². The van der Waals surface area contributed by atoms with Gasteiger partial charge in [-0.3, -0.25) is 4.98 Å². The first-order valence-corrected chi connectivity index (χ1v) is 27.8. The van der Waals surface area contributed by atoms with Crippen molar-refractivity contribution < 1.29 is 27.3 Å². The number of para-hydroxylation sites is 3. The van der Waals surface area contributed by atoms with E-state index >= 15 is 0 Å². The molecule has 0 aliphatic carbocycles. The molecular weight excluding hydrogens is 971 g/mol. The molecule has 9 aromatic rings. The Balaban J connectivity index is 0.000000208. The second kappa shape index (κ2) is 17.1. The van der Waals surface area contributed by atoms with Gasteiger partial charge >= 0.3 is 135 Å². The Morgan fingerprint density at radius 1 is 0.733 bits per heavy atom. The zero-order valence-corrected chi connectivity index (χ0v) is 40.4. The van der Waals surface area contributed by atoms with E-state index < -0.39 is 25.1 Å². The molecule has 9 rings (SSSR count). The second-order valence-electron chi connectivity index (χ2n) is 18.3. The molecule has 0 spiro atoms. The van der Waals surface area contributed by atoms with Crippen LogP contribution in [0.25, 0.3) is 72.4 Å². The fraction of sp³-hybridized carbons (Fsp3) is 0.222. The quantitative estimate of drug-likeness (QED) is 0.123. The molecule has 3 aromatic heterocycles. The van der Waals surface area contributed by atoms with Crippen molar-refractivity contribution in [3.63, 3.8) is 0 Å². The summed E-state index contributed by atoms with van der Waals surface area (Å²) in [6, 6.07) is 54.3. The molecule has 0 N–H and O–H groups in total. The number of rotatable bonds is 6. The van der Waals surface area contributed by atoms with E-state index in [2.05, 4.69) is 139 Å². The zero-order valence-electron chi connectivity index (χ0n) is 37.9. The summed E-state index contributed by atoms with van der Waals surface area (Å²) in [4.78, 5) is 9.78. The number of nitrogens with zero attached hydrogens (tertiary/aromatic N) is 3. The molecule has 0 saturated carbocycles. The van der Waals surface area contributed by atoms with Crippen LogP contribution in [0.3, 0.4) is 0 Å². The normalized spacial score (nSPS) is 12.8. The van der Waals surface area contributed by atoms with Crippen LogP contribution < -0.4 is 4.40 Å². The number of pyridine rings is 1. The number of furan rings is 1. The van der Waals surface area contributed by atoms with Gasteiger partial charge < -0.3 is 8.98 Å². The molecular formula is C54H53GeIrN3O-2. The molecule has 1 radical (unpaired) electrons. The van der Waals surface area contributed by atoms with Crippen molar-refractivity contribution in [2.24, 2.45) is 5.41 Å². The largest absolute Gasteiger partial charge is 0 e. The first-order valence-electron chi connectivity index (χ1n) is 21.4. The molecule has 0 aliphatic heterocycles. The van der Waals surface area contributed by atoms with Gasteiger partial charge in [-0.25, -0.2) is 0 Å². The van der Waals surface area contributed by atoms with Gasteiger partial charge in [-0.15, -0.1) is 18.2 Å². The smallest absolute Gasteiger partial charge is 0 e. The predicted molar refractivity (Wildman–Crippen MR) is 251 cm³/mol. The summed E-state index contributed by atoms with van der Waals surface area (Å²) in [7, 11) is 0. The molecule has 305 valence electrons. The predicted octanol–water partition coefficient (Wildman–Crippen LogP) is 14.0. The fourth-order valence-electron chi connectivity index (χ4n) is 7.60. The summed E-state index contributed by atoms with van der Waals surface area (Å²) < 4.78 is 27.3. The fourth-order valence-corrected chi connectivity index (χ4v) is 10.5. The number of aromatic nitrogens is 3. The number of hydrogen-bond acceptors (Lipinski definition) is 3. The van der Waals surface area contributed by atoms with Gasteiger partial charge in [0.2, 0.25) is 0 Å². The summed E-state index contributed by atoms with van der Waals surface area (Å²) in [5.74, 6) is 7.67. The minimum atomic E-state index is -2.24. The van der Waals surface area contributed by atoms with Gasteiger partial charge in [0.15, 0.2) is 0 Å². The van der Waals surface area contributed by atoms with Crippen molar-refractivity contribution >= 4 is 50.6 Å². The van der Waals surface area contributed by atoms with E-state index in [1.54, 1.807) is 0 Å². The summed E-state index contributed by atoms with van der Waals surface area (Å²) in [5.41, 5.74) is 11.3. The number of hydrogen-bond donors (Lipinski definition) is 0. The number of benzene rings is 6. The van der Waals surface area contributed by atoms with Gasteiger partial charge in [-0.1, -0.05) is 98.5 Å². The summed E-state index contributed by atoms with van der Waals surface area (Å²) >= 11 is -2.24. The van der Waals surface area contributed by atoms with Crippen LogP contribution in [-0.2, 0) is 31.9 Å². The van der Waals surface area contributed by atoms with E-state index in [0.29, 0.717) is 0 Å². The van der Waals surface area contributed by atoms with Crippen molar-refractivity contribution in [2.45, 2.75) is 70.6 Å². The van der Waals surface area contributed by atoms with Crippen LogP contribution in [0.5, 0.6) is 0 Å². The van der Waals surface area contributed by atoms with Crippen LogP contribution in [0.15, 0.2) is 150 Å². The summed E-state index contributed by atoms with van der Waals surface area (Å²) in [5, 5.41) is 2.17.